The fraction of sp³-hybridized carbons (Fsp3) is 0.0833. The van der Waals surface area contributed by atoms with Crippen molar-refractivity contribution in [1.82, 2.24) is 14.7 Å². The number of nitrogens with one attached hydrogen (secondary N) is 2. The highest BCUT2D eigenvalue weighted by molar-refractivity contribution is 7.88. The van der Waals surface area contributed by atoms with Crippen LogP contribution in [0.5, 0.6) is 11.5 Å². The smallest absolute Gasteiger partial charge is 0.209 e. The number of hydrogen-bond acceptors (Lipinski definition) is 6. The monoisotopic (exact) mass is 446 g/mol. The Labute approximate surface area is 187 Å². The molecule has 0 saturated carbocycles. The van der Waals surface area contributed by atoms with Gasteiger partial charge >= 0.3 is 0 Å². The Hall–Kier alpha value is -3.75. The van der Waals surface area contributed by atoms with Crippen LogP contribution < -0.4 is 14.8 Å². The molecular weight excluding hydrogens is 424 g/mol. The minimum Gasteiger partial charge on any atom is -0.457 e. The zero-order valence-electron chi connectivity index (χ0n) is 17.4. The number of rotatable bonds is 8. The minimum atomic E-state index is -3.23. The molecule has 0 aliphatic carbocycles. The van der Waals surface area contributed by atoms with Gasteiger partial charge < -0.3 is 10.1 Å². The van der Waals surface area contributed by atoms with Crippen LogP contribution in [0.2, 0.25) is 0 Å². The first kappa shape index (κ1) is 21.5. The maximum atomic E-state index is 11.2. The number of ether oxygens (including phenoxy) is 1. The molecule has 4 rings (SSSR count). The predicted molar refractivity (Wildman–Crippen MR) is 125 cm³/mol. The lowest BCUT2D eigenvalue weighted by Gasteiger charge is -2.12. The largest absolute Gasteiger partial charge is 0.457 e. The number of aromatic nitrogens is 2. The van der Waals surface area contributed by atoms with Crippen LogP contribution in [-0.4, -0.2) is 24.6 Å². The Balaban J connectivity index is 1.51. The highest BCUT2D eigenvalue weighted by atomic mass is 32.2. The number of benzene rings is 3. The maximum Gasteiger partial charge on any atom is 0.209 e. The molecule has 7 nitrogen and oxygen atoms in total. The highest BCUT2D eigenvalue weighted by Gasteiger charge is 2.10. The van der Waals surface area contributed by atoms with Crippen molar-refractivity contribution in [2.24, 2.45) is 0 Å². The molecule has 0 amide bonds. The number of sulfonamides is 1. The van der Waals surface area contributed by atoms with Gasteiger partial charge in [-0.1, -0.05) is 42.5 Å². The van der Waals surface area contributed by atoms with Crippen molar-refractivity contribution in [2.75, 3.05) is 11.6 Å². The molecule has 0 radical (unpaired) electrons. The summed E-state index contributed by atoms with van der Waals surface area (Å²) in [5.41, 5.74) is 3.26. The molecule has 0 aliphatic rings. The van der Waals surface area contributed by atoms with Gasteiger partial charge in [0.2, 0.25) is 10.0 Å². The van der Waals surface area contributed by atoms with Crippen molar-refractivity contribution in [3.63, 3.8) is 0 Å². The zero-order chi connectivity index (χ0) is 22.4. The third kappa shape index (κ3) is 5.90. The van der Waals surface area contributed by atoms with E-state index in [1.54, 1.807) is 0 Å². The van der Waals surface area contributed by atoms with Crippen molar-refractivity contribution in [1.29, 1.82) is 0 Å². The van der Waals surface area contributed by atoms with Crippen molar-refractivity contribution in [2.45, 2.75) is 6.54 Å². The average molecular weight is 447 g/mol. The summed E-state index contributed by atoms with van der Waals surface area (Å²) in [6.07, 6.45) is 2.64. The van der Waals surface area contributed by atoms with Gasteiger partial charge in [0, 0.05) is 23.9 Å². The zero-order valence-corrected chi connectivity index (χ0v) is 18.2. The molecule has 162 valence electrons. The molecule has 0 fully saturated rings. The Morgan fingerprint density at radius 2 is 1.59 bits per heavy atom. The first-order chi connectivity index (χ1) is 15.5. The Morgan fingerprint density at radius 1 is 0.875 bits per heavy atom. The average Bonchev–Trinajstić information content (AvgIpc) is 2.79. The SMILES string of the molecule is CS(=O)(=O)NCc1ccc(Nc2cc(-c3ccccc3Oc3ccccc3)ncn2)cc1. The molecule has 0 aliphatic heterocycles. The molecule has 0 unspecified atom stereocenters. The Morgan fingerprint density at radius 3 is 2.34 bits per heavy atom. The third-order valence-electron chi connectivity index (χ3n) is 4.57. The number of nitrogens with zero attached hydrogens (tertiary/aromatic N) is 2. The van der Waals surface area contributed by atoms with E-state index in [0.717, 1.165) is 34.5 Å². The van der Waals surface area contributed by atoms with Crippen molar-refractivity contribution < 1.29 is 13.2 Å². The lowest BCUT2D eigenvalue weighted by Crippen LogP contribution is -2.21. The first-order valence-corrected chi connectivity index (χ1v) is 11.8. The summed E-state index contributed by atoms with van der Waals surface area (Å²) in [6, 6.07) is 26.6. The van der Waals surface area contributed by atoms with E-state index < -0.39 is 10.0 Å². The van der Waals surface area contributed by atoms with Crippen LogP contribution in [0.4, 0.5) is 11.5 Å². The summed E-state index contributed by atoms with van der Waals surface area (Å²) >= 11 is 0. The van der Waals surface area contributed by atoms with Gasteiger partial charge in [0.05, 0.1) is 11.9 Å². The van der Waals surface area contributed by atoms with E-state index in [2.05, 4.69) is 20.0 Å². The maximum absolute atomic E-state index is 11.2. The third-order valence-corrected chi connectivity index (χ3v) is 5.23. The molecule has 32 heavy (non-hydrogen) atoms. The molecule has 0 spiro atoms. The molecule has 1 aromatic heterocycles. The molecule has 0 bridgehead atoms. The number of para-hydroxylation sites is 2. The molecule has 4 aromatic rings. The fourth-order valence-corrected chi connectivity index (χ4v) is 3.45. The summed E-state index contributed by atoms with van der Waals surface area (Å²) in [7, 11) is -3.23. The van der Waals surface area contributed by atoms with Gasteiger partial charge in [-0.3, -0.25) is 0 Å². The Bertz CT molecular complexity index is 1290. The summed E-state index contributed by atoms with van der Waals surface area (Å²) in [6.45, 7) is 0.245. The van der Waals surface area contributed by atoms with Crippen LogP contribution in [0.15, 0.2) is 91.3 Å². The topological polar surface area (TPSA) is 93.2 Å². The quantitative estimate of drug-likeness (QED) is 0.406. The minimum absolute atomic E-state index is 0.245. The van der Waals surface area contributed by atoms with Crippen molar-refractivity contribution in [3.05, 3.63) is 96.8 Å². The van der Waals surface area contributed by atoms with Crippen molar-refractivity contribution >= 4 is 21.5 Å². The van der Waals surface area contributed by atoms with E-state index >= 15 is 0 Å². The van der Waals surface area contributed by atoms with E-state index in [1.807, 2.05) is 84.9 Å². The van der Waals surface area contributed by atoms with E-state index in [9.17, 15) is 8.42 Å². The van der Waals surface area contributed by atoms with Crippen LogP contribution in [0.3, 0.4) is 0 Å². The van der Waals surface area contributed by atoms with Crippen LogP contribution in [-0.2, 0) is 16.6 Å². The van der Waals surface area contributed by atoms with Crippen LogP contribution >= 0.6 is 0 Å². The second-order valence-electron chi connectivity index (χ2n) is 7.11. The Kier molecular flexibility index (Phi) is 6.44. The first-order valence-electron chi connectivity index (χ1n) is 9.91. The second kappa shape index (κ2) is 9.59. The van der Waals surface area contributed by atoms with Crippen LogP contribution in [0, 0.1) is 0 Å². The van der Waals surface area contributed by atoms with Gasteiger partial charge in [0.25, 0.3) is 0 Å². The highest BCUT2D eigenvalue weighted by Crippen LogP contribution is 2.33. The van der Waals surface area contributed by atoms with E-state index in [1.165, 1.54) is 6.33 Å². The molecule has 0 saturated heterocycles. The van der Waals surface area contributed by atoms with Gasteiger partial charge in [0.15, 0.2) is 0 Å². The lowest BCUT2D eigenvalue weighted by molar-refractivity contribution is 0.484. The van der Waals surface area contributed by atoms with Gasteiger partial charge in [-0.2, -0.15) is 0 Å². The molecule has 1 heterocycles. The molecule has 0 atom stereocenters. The molecule has 3 aromatic carbocycles. The fourth-order valence-electron chi connectivity index (χ4n) is 3.02. The summed E-state index contributed by atoms with van der Waals surface area (Å²) in [5.74, 6) is 2.08. The van der Waals surface area contributed by atoms with Crippen molar-refractivity contribution in [3.8, 4) is 22.8 Å². The van der Waals surface area contributed by atoms with Gasteiger partial charge in [-0.05, 0) is 42.0 Å². The van der Waals surface area contributed by atoms with E-state index in [0.29, 0.717) is 11.6 Å². The van der Waals surface area contributed by atoms with E-state index in [-0.39, 0.29) is 6.54 Å². The standard InChI is InChI=1S/C24H22N4O3S/c1-32(29,30)27-16-18-11-13-19(14-12-18)28-24-15-22(25-17-26-24)21-9-5-6-10-23(21)31-20-7-3-2-4-8-20/h2-15,17,27H,16H2,1H3,(H,25,26,28). The van der Waals surface area contributed by atoms with Crippen LogP contribution in [0.25, 0.3) is 11.3 Å². The van der Waals surface area contributed by atoms with Crippen LogP contribution in [0.1, 0.15) is 5.56 Å². The molecule has 8 heteroatoms. The summed E-state index contributed by atoms with van der Waals surface area (Å²) in [4.78, 5) is 8.73. The number of hydrogen-bond donors (Lipinski definition) is 2. The molecule has 2 N–H and O–H groups in total. The second-order valence-corrected chi connectivity index (χ2v) is 8.95. The van der Waals surface area contributed by atoms with Gasteiger partial charge in [0.1, 0.15) is 23.6 Å². The predicted octanol–water partition coefficient (Wildman–Crippen LogP) is 4.73. The van der Waals surface area contributed by atoms with E-state index in [4.69, 9.17) is 4.74 Å². The summed E-state index contributed by atoms with van der Waals surface area (Å²) in [5, 5.41) is 3.25. The molecular formula is C24H22N4O3S. The lowest BCUT2D eigenvalue weighted by atomic mass is 10.1. The number of anilines is 2. The van der Waals surface area contributed by atoms with Gasteiger partial charge in [-0.15, -0.1) is 0 Å². The normalized spacial score (nSPS) is 11.2. The van der Waals surface area contributed by atoms with Gasteiger partial charge in [-0.25, -0.2) is 23.1 Å². The summed E-state index contributed by atoms with van der Waals surface area (Å²) < 4.78 is 31.0.